The fourth-order valence-electron chi connectivity index (χ4n) is 2.84. The van der Waals surface area contributed by atoms with Gasteiger partial charge in [-0.2, -0.15) is 0 Å². The lowest BCUT2D eigenvalue weighted by Gasteiger charge is -2.10. The maximum absolute atomic E-state index is 12.8. The summed E-state index contributed by atoms with van der Waals surface area (Å²) < 4.78 is 33.6. The minimum Gasteiger partial charge on any atom is -0.463 e. The van der Waals surface area contributed by atoms with Gasteiger partial charge in [-0.05, 0) is 35.4 Å². The normalized spacial score (nSPS) is 11.4. The molecule has 0 saturated heterocycles. The first-order chi connectivity index (χ1) is 13.6. The Hall–Kier alpha value is -3.29. The van der Waals surface area contributed by atoms with E-state index < -0.39 is 10.0 Å². The zero-order valence-corrected chi connectivity index (χ0v) is 15.6. The lowest BCUT2D eigenvalue weighted by atomic mass is 10.1. The Labute approximate surface area is 163 Å². The molecule has 7 heteroatoms. The summed E-state index contributed by atoms with van der Waals surface area (Å²) in [6, 6.07) is 20.0. The van der Waals surface area contributed by atoms with Crippen LogP contribution in [0.25, 0.3) is 22.6 Å². The molecule has 2 heterocycles. The number of rotatable bonds is 6. The van der Waals surface area contributed by atoms with Crippen LogP contribution in [0.1, 0.15) is 5.69 Å². The third kappa shape index (κ3) is 3.85. The van der Waals surface area contributed by atoms with E-state index in [1.54, 1.807) is 36.5 Å². The van der Waals surface area contributed by atoms with E-state index in [0.29, 0.717) is 17.1 Å². The number of nitrogens with one attached hydrogen (secondary N) is 1. The summed E-state index contributed by atoms with van der Waals surface area (Å²) in [5, 5.41) is 0. The maximum Gasteiger partial charge on any atom is 0.240 e. The smallest absolute Gasteiger partial charge is 0.240 e. The second kappa shape index (κ2) is 7.75. The van der Waals surface area contributed by atoms with E-state index >= 15 is 0 Å². The molecule has 0 spiro atoms. The van der Waals surface area contributed by atoms with E-state index in [2.05, 4.69) is 14.7 Å². The average Bonchev–Trinajstić information content (AvgIpc) is 3.28. The molecule has 0 saturated carbocycles. The zero-order valence-electron chi connectivity index (χ0n) is 14.8. The third-order valence-electron chi connectivity index (χ3n) is 4.21. The van der Waals surface area contributed by atoms with E-state index in [1.807, 2.05) is 36.4 Å². The highest BCUT2D eigenvalue weighted by atomic mass is 32.2. The molecule has 0 aliphatic rings. The summed E-state index contributed by atoms with van der Waals surface area (Å²) in [6.45, 7) is 0.00176. The van der Waals surface area contributed by atoms with Crippen LogP contribution in [0.5, 0.6) is 0 Å². The van der Waals surface area contributed by atoms with Crippen molar-refractivity contribution in [1.82, 2.24) is 14.7 Å². The molecule has 28 heavy (non-hydrogen) atoms. The van der Waals surface area contributed by atoms with Gasteiger partial charge in [-0.3, -0.25) is 4.98 Å². The topological polar surface area (TPSA) is 85.1 Å². The van der Waals surface area contributed by atoms with Gasteiger partial charge in [0.1, 0.15) is 5.69 Å². The quantitative estimate of drug-likeness (QED) is 0.539. The molecule has 4 rings (SSSR count). The Kier molecular flexibility index (Phi) is 5.01. The number of aromatic nitrogens is 2. The van der Waals surface area contributed by atoms with Crippen LogP contribution in [0.4, 0.5) is 0 Å². The average molecular weight is 391 g/mol. The molecule has 0 unspecified atom stereocenters. The summed E-state index contributed by atoms with van der Waals surface area (Å²) in [6.07, 6.45) is 4.60. The number of hydrogen-bond donors (Lipinski definition) is 1. The van der Waals surface area contributed by atoms with Crippen molar-refractivity contribution in [2.24, 2.45) is 0 Å². The number of benzene rings is 2. The molecule has 0 atom stereocenters. The molecule has 4 aromatic rings. The Bertz CT molecular complexity index is 1170. The molecule has 0 amide bonds. The van der Waals surface area contributed by atoms with Gasteiger partial charge in [0, 0.05) is 12.4 Å². The minimum atomic E-state index is -3.72. The summed E-state index contributed by atoms with van der Waals surface area (Å²) in [5.41, 5.74) is 2.78. The van der Waals surface area contributed by atoms with E-state index in [-0.39, 0.29) is 11.4 Å². The van der Waals surface area contributed by atoms with Crippen LogP contribution in [-0.4, -0.2) is 18.4 Å². The molecule has 6 nitrogen and oxygen atoms in total. The van der Waals surface area contributed by atoms with Gasteiger partial charge < -0.3 is 4.42 Å². The van der Waals surface area contributed by atoms with Crippen molar-refractivity contribution in [2.75, 3.05) is 0 Å². The van der Waals surface area contributed by atoms with Crippen molar-refractivity contribution in [3.05, 3.63) is 91.1 Å². The lowest BCUT2D eigenvalue weighted by molar-refractivity contribution is 0.573. The molecule has 0 radical (unpaired) electrons. The predicted octanol–water partition coefficient (Wildman–Crippen LogP) is 3.88. The monoisotopic (exact) mass is 391 g/mol. The fraction of sp³-hybridized carbons (Fsp3) is 0.0476. The number of nitrogens with zero attached hydrogens (tertiary/aromatic N) is 2. The zero-order chi connectivity index (χ0) is 19.4. The highest BCUT2D eigenvalue weighted by molar-refractivity contribution is 7.89. The van der Waals surface area contributed by atoms with Gasteiger partial charge in [0.05, 0.1) is 23.4 Å². The molecule has 1 N–H and O–H groups in total. The summed E-state index contributed by atoms with van der Waals surface area (Å²) in [5.74, 6) is 0.536. The number of hydrogen-bond acceptors (Lipinski definition) is 5. The van der Waals surface area contributed by atoms with E-state index in [0.717, 1.165) is 11.1 Å². The molecular formula is C21H17N3O3S. The standard InChI is InChI=1S/C21H17N3O3S/c25-28(26,18-9-4-8-17(14-18)16-6-2-1-3-7-16)24-15-19-21(23-12-11-22-19)20-10-5-13-27-20/h1-14,24H,15H2. The summed E-state index contributed by atoms with van der Waals surface area (Å²) >= 11 is 0. The van der Waals surface area contributed by atoms with Crippen molar-refractivity contribution in [1.29, 1.82) is 0 Å². The van der Waals surface area contributed by atoms with Crippen molar-refractivity contribution in [3.8, 4) is 22.6 Å². The van der Waals surface area contributed by atoms with Crippen LogP contribution in [0, 0.1) is 0 Å². The van der Waals surface area contributed by atoms with Gasteiger partial charge in [0.2, 0.25) is 10.0 Å². The first-order valence-electron chi connectivity index (χ1n) is 8.62. The second-order valence-electron chi connectivity index (χ2n) is 6.05. The molecule has 0 fully saturated rings. The van der Waals surface area contributed by atoms with Crippen LogP contribution < -0.4 is 4.72 Å². The number of furan rings is 1. The van der Waals surface area contributed by atoms with Gasteiger partial charge in [0.15, 0.2) is 5.76 Å². The Balaban J connectivity index is 1.58. The van der Waals surface area contributed by atoms with Crippen LogP contribution in [0.15, 0.2) is 94.7 Å². The number of sulfonamides is 1. The first kappa shape index (κ1) is 18.1. The van der Waals surface area contributed by atoms with Crippen molar-refractivity contribution in [3.63, 3.8) is 0 Å². The Morgan fingerprint density at radius 1 is 0.857 bits per heavy atom. The lowest BCUT2D eigenvalue weighted by Crippen LogP contribution is -2.24. The molecule has 2 aromatic carbocycles. The van der Waals surface area contributed by atoms with Crippen molar-refractivity contribution < 1.29 is 12.8 Å². The van der Waals surface area contributed by atoms with E-state index in [1.165, 1.54) is 12.5 Å². The van der Waals surface area contributed by atoms with Gasteiger partial charge >= 0.3 is 0 Å². The summed E-state index contributed by atoms with van der Waals surface area (Å²) in [4.78, 5) is 8.70. The molecule has 2 aromatic heterocycles. The van der Waals surface area contributed by atoms with Gasteiger partial charge in [-0.1, -0.05) is 42.5 Å². The third-order valence-corrected chi connectivity index (χ3v) is 5.61. The van der Waals surface area contributed by atoms with Crippen LogP contribution in [0.3, 0.4) is 0 Å². The van der Waals surface area contributed by atoms with Crippen molar-refractivity contribution >= 4 is 10.0 Å². The molecule has 140 valence electrons. The van der Waals surface area contributed by atoms with Gasteiger partial charge in [-0.25, -0.2) is 18.1 Å². The van der Waals surface area contributed by atoms with E-state index in [4.69, 9.17) is 4.42 Å². The molecular weight excluding hydrogens is 374 g/mol. The van der Waals surface area contributed by atoms with Crippen molar-refractivity contribution in [2.45, 2.75) is 11.4 Å². The maximum atomic E-state index is 12.8. The van der Waals surface area contributed by atoms with Crippen LogP contribution in [0.2, 0.25) is 0 Å². The summed E-state index contributed by atoms with van der Waals surface area (Å²) in [7, 11) is -3.72. The van der Waals surface area contributed by atoms with E-state index in [9.17, 15) is 8.42 Å². The Morgan fingerprint density at radius 2 is 1.64 bits per heavy atom. The van der Waals surface area contributed by atoms with Crippen LogP contribution in [-0.2, 0) is 16.6 Å². The van der Waals surface area contributed by atoms with Gasteiger partial charge in [0.25, 0.3) is 0 Å². The second-order valence-corrected chi connectivity index (χ2v) is 7.81. The largest absolute Gasteiger partial charge is 0.463 e. The highest BCUT2D eigenvalue weighted by Gasteiger charge is 2.17. The van der Waals surface area contributed by atoms with Gasteiger partial charge in [-0.15, -0.1) is 0 Å². The fourth-order valence-corrected chi connectivity index (χ4v) is 3.87. The Morgan fingerprint density at radius 3 is 2.43 bits per heavy atom. The molecule has 0 aliphatic heterocycles. The highest BCUT2D eigenvalue weighted by Crippen LogP contribution is 2.23. The SMILES string of the molecule is O=S(=O)(NCc1nccnc1-c1ccco1)c1cccc(-c2ccccc2)c1. The molecule has 0 bridgehead atoms. The minimum absolute atomic E-state index is 0.00176. The molecule has 0 aliphatic carbocycles. The first-order valence-corrected chi connectivity index (χ1v) is 10.1. The predicted molar refractivity (Wildman–Crippen MR) is 106 cm³/mol. The van der Waals surface area contributed by atoms with Crippen LogP contribution >= 0.6 is 0 Å².